The van der Waals surface area contributed by atoms with Gasteiger partial charge in [0.2, 0.25) is 11.8 Å². The summed E-state index contributed by atoms with van der Waals surface area (Å²) >= 11 is 0. The lowest BCUT2D eigenvalue weighted by molar-refractivity contribution is -0.126. The lowest BCUT2D eigenvalue weighted by atomic mass is 9.77. The second-order valence-corrected chi connectivity index (χ2v) is 8.80. The van der Waals surface area contributed by atoms with Crippen LogP contribution in [0.1, 0.15) is 50.5 Å². The third-order valence-corrected chi connectivity index (χ3v) is 6.83. The minimum absolute atomic E-state index is 0.0368. The fourth-order valence-corrected chi connectivity index (χ4v) is 5.13. The molecule has 0 spiro atoms. The fraction of sp³-hybridized carbons (Fsp3) is 0.652. The van der Waals surface area contributed by atoms with Crippen molar-refractivity contribution in [2.45, 2.75) is 50.4 Å². The molecule has 0 radical (unpaired) electrons. The number of rotatable bonds is 7. The Morgan fingerprint density at radius 2 is 1.90 bits per heavy atom. The number of primary amides is 1. The first kappa shape index (κ1) is 21.0. The Morgan fingerprint density at radius 1 is 1.13 bits per heavy atom. The minimum atomic E-state index is -0.474. The van der Waals surface area contributed by atoms with Crippen LogP contribution in [-0.2, 0) is 15.0 Å². The van der Waals surface area contributed by atoms with Crippen molar-refractivity contribution in [2.75, 3.05) is 39.4 Å². The summed E-state index contributed by atoms with van der Waals surface area (Å²) in [5, 5.41) is 3.19. The van der Waals surface area contributed by atoms with Crippen LogP contribution in [0.2, 0.25) is 0 Å². The van der Waals surface area contributed by atoms with Crippen LogP contribution < -0.4 is 20.5 Å². The average molecular weight is 416 g/mol. The van der Waals surface area contributed by atoms with Crippen molar-refractivity contribution in [2.24, 2.45) is 11.7 Å². The van der Waals surface area contributed by atoms with Crippen LogP contribution in [0, 0.1) is 5.92 Å². The highest BCUT2D eigenvalue weighted by Crippen LogP contribution is 2.44. The molecule has 0 aromatic heterocycles. The molecule has 30 heavy (non-hydrogen) atoms. The third kappa shape index (κ3) is 4.41. The zero-order chi connectivity index (χ0) is 21.0. The molecule has 4 rings (SSSR count). The van der Waals surface area contributed by atoms with E-state index in [9.17, 15) is 9.59 Å². The number of hydrogen-bond donors (Lipinski definition) is 2. The van der Waals surface area contributed by atoms with Crippen molar-refractivity contribution in [3.05, 3.63) is 23.8 Å². The first-order valence-electron chi connectivity index (χ1n) is 11.3. The van der Waals surface area contributed by atoms with Crippen LogP contribution in [0.4, 0.5) is 0 Å². The van der Waals surface area contributed by atoms with Gasteiger partial charge in [0, 0.05) is 13.1 Å². The van der Waals surface area contributed by atoms with E-state index >= 15 is 0 Å². The average Bonchev–Trinajstić information content (AvgIpc) is 3.28. The summed E-state index contributed by atoms with van der Waals surface area (Å²) in [6.07, 6.45) is 6.62. The number of hydrogen-bond acceptors (Lipinski definition) is 5. The molecule has 1 saturated heterocycles. The van der Waals surface area contributed by atoms with Crippen molar-refractivity contribution in [1.29, 1.82) is 0 Å². The number of nitrogens with two attached hydrogens (primary N) is 1. The quantitative estimate of drug-likeness (QED) is 0.664. The summed E-state index contributed by atoms with van der Waals surface area (Å²) in [7, 11) is 0. The lowest BCUT2D eigenvalue weighted by Gasteiger charge is -2.32. The van der Waals surface area contributed by atoms with Gasteiger partial charge in [0.15, 0.2) is 11.5 Å². The molecule has 2 aliphatic heterocycles. The molecule has 3 aliphatic rings. The second kappa shape index (κ2) is 9.25. The van der Waals surface area contributed by atoms with Crippen molar-refractivity contribution < 1.29 is 19.1 Å². The Bertz CT molecular complexity index is 776. The van der Waals surface area contributed by atoms with E-state index in [1.807, 2.05) is 18.2 Å². The molecule has 7 nitrogen and oxygen atoms in total. The number of fused-ring (bicyclic) bond motifs is 1. The van der Waals surface area contributed by atoms with Crippen LogP contribution >= 0.6 is 0 Å². The predicted molar refractivity (Wildman–Crippen MR) is 114 cm³/mol. The van der Waals surface area contributed by atoms with Gasteiger partial charge in [0.25, 0.3) is 0 Å². The van der Waals surface area contributed by atoms with Crippen LogP contribution in [0.25, 0.3) is 0 Å². The first-order valence-corrected chi connectivity index (χ1v) is 11.3. The van der Waals surface area contributed by atoms with E-state index in [2.05, 4.69) is 10.2 Å². The molecule has 1 unspecified atom stereocenters. The molecule has 1 aromatic carbocycles. The van der Waals surface area contributed by atoms with Crippen LogP contribution in [0.3, 0.4) is 0 Å². The summed E-state index contributed by atoms with van der Waals surface area (Å²) in [6, 6.07) is 5.95. The highest BCUT2D eigenvalue weighted by molar-refractivity contribution is 5.88. The maximum atomic E-state index is 13.3. The number of piperidine rings is 1. The zero-order valence-electron chi connectivity index (χ0n) is 17.7. The van der Waals surface area contributed by atoms with Gasteiger partial charge >= 0.3 is 0 Å². The van der Waals surface area contributed by atoms with Gasteiger partial charge in [-0.3, -0.25) is 9.59 Å². The Morgan fingerprint density at radius 3 is 2.67 bits per heavy atom. The molecule has 7 heteroatoms. The maximum absolute atomic E-state index is 13.3. The molecule has 1 aliphatic carbocycles. The Hall–Kier alpha value is -2.28. The van der Waals surface area contributed by atoms with Crippen LogP contribution in [-0.4, -0.2) is 56.1 Å². The van der Waals surface area contributed by atoms with E-state index in [0.717, 1.165) is 81.6 Å². The molecule has 1 atom stereocenters. The van der Waals surface area contributed by atoms with Gasteiger partial charge < -0.3 is 25.4 Å². The summed E-state index contributed by atoms with van der Waals surface area (Å²) < 4.78 is 11.4. The van der Waals surface area contributed by atoms with E-state index in [1.54, 1.807) is 0 Å². The van der Waals surface area contributed by atoms with Crippen molar-refractivity contribution in [3.8, 4) is 11.5 Å². The number of benzene rings is 1. The molecular weight excluding hydrogens is 382 g/mol. The molecule has 1 saturated carbocycles. The van der Waals surface area contributed by atoms with E-state index in [4.69, 9.17) is 15.2 Å². The topological polar surface area (TPSA) is 93.9 Å². The zero-order valence-corrected chi connectivity index (χ0v) is 17.7. The number of likely N-dealkylation sites (tertiary alicyclic amines) is 1. The predicted octanol–water partition coefficient (Wildman–Crippen LogP) is 1.97. The largest absolute Gasteiger partial charge is 0.486 e. The lowest BCUT2D eigenvalue weighted by Crippen LogP contribution is -2.44. The van der Waals surface area contributed by atoms with Gasteiger partial charge in [-0.05, 0) is 62.9 Å². The van der Waals surface area contributed by atoms with Crippen molar-refractivity contribution in [1.82, 2.24) is 10.2 Å². The Kier molecular flexibility index (Phi) is 6.46. The molecule has 0 bridgehead atoms. The third-order valence-electron chi connectivity index (χ3n) is 6.83. The fourth-order valence-electron chi connectivity index (χ4n) is 5.13. The summed E-state index contributed by atoms with van der Waals surface area (Å²) in [5.41, 5.74) is 6.02. The monoisotopic (exact) mass is 415 g/mol. The summed E-state index contributed by atoms with van der Waals surface area (Å²) in [6.45, 7) is 4.37. The van der Waals surface area contributed by atoms with Crippen molar-refractivity contribution >= 4 is 11.8 Å². The van der Waals surface area contributed by atoms with Crippen molar-refractivity contribution in [3.63, 3.8) is 0 Å². The Labute approximate surface area is 178 Å². The van der Waals surface area contributed by atoms with E-state index in [-0.39, 0.29) is 17.7 Å². The first-order chi connectivity index (χ1) is 14.6. The van der Waals surface area contributed by atoms with Gasteiger partial charge in [0.05, 0.1) is 11.3 Å². The molecule has 2 heterocycles. The SMILES string of the molecule is NC(=O)C1CCCN(CCCNC(=O)C2(c3ccc4c(c3)OCCO4)CCCC2)C1. The van der Waals surface area contributed by atoms with Gasteiger partial charge in [0.1, 0.15) is 13.2 Å². The van der Waals surface area contributed by atoms with Crippen LogP contribution in [0.15, 0.2) is 18.2 Å². The molecule has 164 valence electrons. The molecule has 1 aromatic rings. The smallest absolute Gasteiger partial charge is 0.230 e. The van der Waals surface area contributed by atoms with Crippen LogP contribution in [0.5, 0.6) is 11.5 Å². The number of carbonyl (C=O) groups excluding carboxylic acids is 2. The highest BCUT2D eigenvalue weighted by Gasteiger charge is 2.43. The second-order valence-electron chi connectivity index (χ2n) is 8.80. The number of ether oxygens (including phenoxy) is 2. The van der Waals surface area contributed by atoms with Gasteiger partial charge in [-0.25, -0.2) is 0 Å². The maximum Gasteiger partial charge on any atom is 0.230 e. The number of amides is 2. The Balaban J connectivity index is 1.33. The normalized spacial score (nSPS) is 23.1. The van der Waals surface area contributed by atoms with E-state index in [1.165, 1.54) is 0 Å². The summed E-state index contributed by atoms with van der Waals surface area (Å²) in [5.74, 6) is 1.38. The molecular formula is C23H33N3O4. The highest BCUT2D eigenvalue weighted by atomic mass is 16.6. The number of nitrogens with zero attached hydrogens (tertiary/aromatic N) is 1. The summed E-state index contributed by atoms with van der Waals surface area (Å²) in [4.78, 5) is 27.0. The standard InChI is InChI=1S/C23H33N3O4/c24-21(27)17-5-3-11-26(16-17)12-4-10-25-22(28)23(8-1-2-9-23)18-6-7-19-20(15-18)30-14-13-29-19/h6-7,15,17H,1-5,8-14,16H2,(H2,24,27)(H,25,28). The van der Waals surface area contributed by atoms with Gasteiger partial charge in [-0.1, -0.05) is 18.9 Å². The molecule has 2 fully saturated rings. The molecule has 2 amide bonds. The van der Waals surface area contributed by atoms with Gasteiger partial charge in [-0.2, -0.15) is 0 Å². The number of carbonyl (C=O) groups is 2. The van der Waals surface area contributed by atoms with E-state index < -0.39 is 5.41 Å². The van der Waals surface area contributed by atoms with E-state index in [0.29, 0.717) is 19.8 Å². The molecule has 3 N–H and O–H groups in total. The number of nitrogens with one attached hydrogen (secondary N) is 1. The minimum Gasteiger partial charge on any atom is -0.486 e. The van der Waals surface area contributed by atoms with Gasteiger partial charge in [-0.15, -0.1) is 0 Å².